The van der Waals surface area contributed by atoms with Crippen molar-refractivity contribution < 1.29 is 5.11 Å². The largest absolute Gasteiger partial charge is 0.396 e. The van der Waals surface area contributed by atoms with Gasteiger partial charge in [-0.1, -0.05) is 0 Å². The lowest BCUT2D eigenvalue weighted by Gasteiger charge is -2.26. The van der Waals surface area contributed by atoms with Crippen LogP contribution in [0.5, 0.6) is 0 Å². The molecular weight excluding hydrogens is 174 g/mol. The summed E-state index contributed by atoms with van der Waals surface area (Å²) in [5.41, 5.74) is -0.0220. The lowest BCUT2D eigenvalue weighted by atomic mass is 9.91. The third kappa shape index (κ3) is 1.93. The Morgan fingerprint density at radius 3 is 2.50 bits per heavy atom. The number of hydrogen-bond donors (Lipinski definition) is 1. The van der Waals surface area contributed by atoms with Gasteiger partial charge in [0.25, 0.3) is 0 Å². The second kappa shape index (κ2) is 3.95. The fraction of sp³-hybridized carbons (Fsp3) is 1.00. The quantitative estimate of drug-likeness (QED) is 0.681. The van der Waals surface area contributed by atoms with Crippen molar-refractivity contribution in [3.63, 3.8) is 0 Å². The van der Waals surface area contributed by atoms with Gasteiger partial charge in [0.2, 0.25) is 0 Å². The van der Waals surface area contributed by atoms with Crippen LogP contribution in [-0.4, -0.2) is 41.6 Å². The van der Waals surface area contributed by atoms with Gasteiger partial charge in [-0.25, -0.2) is 0 Å². The van der Waals surface area contributed by atoms with Crippen molar-refractivity contribution in [1.82, 2.24) is 4.90 Å². The highest BCUT2D eigenvalue weighted by atomic mass is 35.5. The highest BCUT2D eigenvalue weighted by Crippen LogP contribution is 2.32. The number of aliphatic hydroxyl groups is 1. The zero-order valence-electron chi connectivity index (χ0n) is 7.89. The molecule has 0 saturated carbocycles. The fourth-order valence-electron chi connectivity index (χ4n) is 1.69. The molecular formula is C9H18ClNO. The van der Waals surface area contributed by atoms with E-state index >= 15 is 0 Å². The smallest absolute Gasteiger partial charge is 0.0511 e. The van der Waals surface area contributed by atoms with Crippen molar-refractivity contribution in [2.45, 2.75) is 26.3 Å². The molecule has 0 aromatic carbocycles. The van der Waals surface area contributed by atoms with Crippen LogP contribution in [0.4, 0.5) is 0 Å². The summed E-state index contributed by atoms with van der Waals surface area (Å²) < 4.78 is 0. The molecule has 72 valence electrons. The summed E-state index contributed by atoms with van der Waals surface area (Å²) >= 11 is 5.85. The summed E-state index contributed by atoms with van der Waals surface area (Å²) in [5, 5.41) is 9.20. The third-order valence-electron chi connectivity index (χ3n) is 2.82. The molecule has 1 fully saturated rings. The Bertz CT molecular complexity index is 145. The molecule has 0 spiro atoms. The number of alkyl halides is 1. The fourth-order valence-corrected chi connectivity index (χ4v) is 1.99. The second-order valence-electron chi connectivity index (χ2n) is 4.11. The number of hydrogen-bond acceptors (Lipinski definition) is 2. The Morgan fingerprint density at radius 2 is 2.25 bits per heavy atom. The van der Waals surface area contributed by atoms with E-state index in [2.05, 4.69) is 18.7 Å². The Hall–Kier alpha value is 0.210. The Balaban J connectivity index is 2.52. The van der Waals surface area contributed by atoms with Crippen LogP contribution in [0.25, 0.3) is 0 Å². The number of rotatable bonds is 3. The molecule has 0 radical (unpaired) electrons. The van der Waals surface area contributed by atoms with E-state index in [1.807, 2.05) is 0 Å². The highest BCUT2D eigenvalue weighted by Gasteiger charge is 2.37. The summed E-state index contributed by atoms with van der Waals surface area (Å²) in [4.78, 5) is 2.37. The van der Waals surface area contributed by atoms with Crippen molar-refractivity contribution in [3.8, 4) is 0 Å². The maximum Gasteiger partial charge on any atom is 0.0511 e. The minimum atomic E-state index is -0.0220. The maximum absolute atomic E-state index is 9.20. The number of aliphatic hydroxyl groups excluding tert-OH is 1. The van der Waals surface area contributed by atoms with Crippen LogP contribution >= 0.6 is 11.6 Å². The zero-order valence-corrected chi connectivity index (χ0v) is 8.64. The Morgan fingerprint density at radius 1 is 1.58 bits per heavy atom. The predicted octanol–water partition coefficient (Wildman–Crippen LogP) is 1.32. The molecule has 1 heterocycles. The van der Waals surface area contributed by atoms with Crippen molar-refractivity contribution in [2.24, 2.45) is 5.41 Å². The molecule has 0 aromatic rings. The van der Waals surface area contributed by atoms with E-state index in [0.29, 0.717) is 11.9 Å². The first-order valence-corrected chi connectivity index (χ1v) is 5.08. The topological polar surface area (TPSA) is 23.5 Å². The molecule has 12 heavy (non-hydrogen) atoms. The first-order valence-electron chi connectivity index (χ1n) is 4.54. The van der Waals surface area contributed by atoms with Crippen LogP contribution in [0.2, 0.25) is 0 Å². The lowest BCUT2D eigenvalue weighted by Crippen LogP contribution is -2.35. The molecule has 0 aromatic heterocycles. The number of nitrogens with zero attached hydrogens (tertiary/aromatic N) is 1. The van der Waals surface area contributed by atoms with Gasteiger partial charge in [0.05, 0.1) is 6.61 Å². The summed E-state index contributed by atoms with van der Waals surface area (Å²) in [5.74, 6) is 0.576. The molecule has 0 amide bonds. The molecule has 3 heteroatoms. The van der Waals surface area contributed by atoms with Gasteiger partial charge in [-0.2, -0.15) is 0 Å². The van der Waals surface area contributed by atoms with Crippen LogP contribution < -0.4 is 0 Å². The SMILES string of the molecule is CC(C)N1CCC(CO)(CCl)C1. The van der Waals surface area contributed by atoms with E-state index in [0.717, 1.165) is 19.5 Å². The van der Waals surface area contributed by atoms with Gasteiger partial charge in [0.1, 0.15) is 0 Å². The standard InChI is InChI=1S/C9H18ClNO/c1-8(2)11-4-3-9(5-10,6-11)7-12/h8,12H,3-7H2,1-2H3. The van der Waals surface area contributed by atoms with Gasteiger partial charge < -0.3 is 10.0 Å². The molecule has 1 N–H and O–H groups in total. The molecule has 1 saturated heterocycles. The minimum Gasteiger partial charge on any atom is -0.396 e. The lowest BCUT2D eigenvalue weighted by molar-refractivity contribution is 0.141. The first kappa shape index (κ1) is 10.3. The van der Waals surface area contributed by atoms with Crippen molar-refractivity contribution in [2.75, 3.05) is 25.6 Å². The molecule has 1 atom stereocenters. The van der Waals surface area contributed by atoms with Gasteiger partial charge in [0.15, 0.2) is 0 Å². The minimum absolute atomic E-state index is 0.0220. The van der Waals surface area contributed by atoms with Gasteiger partial charge >= 0.3 is 0 Å². The first-order chi connectivity index (χ1) is 5.63. The molecule has 1 aliphatic heterocycles. The zero-order chi connectivity index (χ0) is 9.19. The molecule has 1 rings (SSSR count). The van der Waals surface area contributed by atoms with Gasteiger partial charge in [0, 0.05) is 23.9 Å². The van der Waals surface area contributed by atoms with E-state index in [-0.39, 0.29) is 12.0 Å². The monoisotopic (exact) mass is 191 g/mol. The van der Waals surface area contributed by atoms with Crippen LogP contribution in [0.1, 0.15) is 20.3 Å². The summed E-state index contributed by atoms with van der Waals surface area (Å²) in [6.07, 6.45) is 1.03. The van der Waals surface area contributed by atoms with E-state index in [9.17, 15) is 5.11 Å². The van der Waals surface area contributed by atoms with Crippen LogP contribution in [-0.2, 0) is 0 Å². The Kier molecular flexibility index (Phi) is 3.38. The normalized spacial score (nSPS) is 31.8. The molecule has 0 bridgehead atoms. The molecule has 1 aliphatic rings. The summed E-state index contributed by atoms with van der Waals surface area (Å²) in [7, 11) is 0. The van der Waals surface area contributed by atoms with Gasteiger partial charge in [-0.15, -0.1) is 11.6 Å². The van der Waals surface area contributed by atoms with E-state index in [1.54, 1.807) is 0 Å². The van der Waals surface area contributed by atoms with Crippen molar-refractivity contribution in [1.29, 1.82) is 0 Å². The summed E-state index contributed by atoms with van der Waals surface area (Å²) in [6.45, 7) is 6.61. The van der Waals surface area contributed by atoms with Gasteiger partial charge in [-0.05, 0) is 26.8 Å². The molecule has 2 nitrogen and oxygen atoms in total. The van der Waals surface area contributed by atoms with E-state index in [4.69, 9.17) is 11.6 Å². The highest BCUT2D eigenvalue weighted by molar-refractivity contribution is 6.18. The third-order valence-corrected chi connectivity index (χ3v) is 3.38. The number of likely N-dealkylation sites (tertiary alicyclic amines) is 1. The van der Waals surface area contributed by atoms with Crippen LogP contribution in [0.3, 0.4) is 0 Å². The second-order valence-corrected chi connectivity index (χ2v) is 4.37. The van der Waals surface area contributed by atoms with Crippen molar-refractivity contribution in [3.05, 3.63) is 0 Å². The summed E-state index contributed by atoms with van der Waals surface area (Å²) in [6, 6.07) is 0.571. The number of halogens is 1. The molecule has 1 unspecified atom stereocenters. The van der Waals surface area contributed by atoms with E-state index < -0.39 is 0 Å². The molecule has 0 aliphatic carbocycles. The predicted molar refractivity (Wildman–Crippen MR) is 51.6 cm³/mol. The van der Waals surface area contributed by atoms with Crippen LogP contribution in [0, 0.1) is 5.41 Å². The average molecular weight is 192 g/mol. The van der Waals surface area contributed by atoms with Crippen molar-refractivity contribution >= 4 is 11.6 Å². The van der Waals surface area contributed by atoms with Crippen LogP contribution in [0.15, 0.2) is 0 Å². The Labute approximate surface area is 79.5 Å². The maximum atomic E-state index is 9.20. The van der Waals surface area contributed by atoms with E-state index in [1.165, 1.54) is 0 Å². The average Bonchev–Trinajstić information content (AvgIpc) is 2.49. The van der Waals surface area contributed by atoms with Gasteiger partial charge in [-0.3, -0.25) is 0 Å².